The zero-order chi connectivity index (χ0) is 10.2. The number of ketones is 1. The topological polar surface area (TPSA) is 20.3 Å². The van der Waals surface area contributed by atoms with E-state index in [4.69, 9.17) is 0 Å². The summed E-state index contributed by atoms with van der Waals surface area (Å²) >= 11 is 0. The van der Waals surface area contributed by atoms with Crippen molar-refractivity contribution in [1.29, 1.82) is 0 Å². The Bertz CT molecular complexity index is 160. The summed E-state index contributed by atoms with van der Waals surface area (Å²) < 4.78 is 0. The molecule has 1 aliphatic heterocycles. The molecule has 1 aliphatic rings. The number of hydrogen-bond acceptors (Lipinski definition) is 2. The molecule has 14 heavy (non-hydrogen) atoms. The van der Waals surface area contributed by atoms with E-state index >= 15 is 0 Å². The first-order valence-electron chi connectivity index (χ1n) is 6.01. The Hall–Kier alpha value is -0.370. The number of hydrogen-bond donors (Lipinski definition) is 0. The van der Waals surface area contributed by atoms with Gasteiger partial charge >= 0.3 is 0 Å². The first-order valence-corrected chi connectivity index (χ1v) is 6.01. The Morgan fingerprint density at radius 1 is 1.07 bits per heavy atom. The van der Waals surface area contributed by atoms with E-state index < -0.39 is 0 Å². The van der Waals surface area contributed by atoms with Crippen LogP contribution in [-0.4, -0.2) is 30.3 Å². The average molecular weight is 197 g/mol. The first-order chi connectivity index (χ1) is 6.79. The molecular formula is C12H23NO. The molecule has 1 rings (SSSR count). The van der Waals surface area contributed by atoms with Gasteiger partial charge in [-0.05, 0) is 45.8 Å². The van der Waals surface area contributed by atoms with Gasteiger partial charge in [0.25, 0.3) is 0 Å². The van der Waals surface area contributed by atoms with E-state index in [9.17, 15) is 4.79 Å². The van der Waals surface area contributed by atoms with Crippen molar-refractivity contribution in [2.45, 2.75) is 51.9 Å². The maximum absolute atomic E-state index is 10.8. The van der Waals surface area contributed by atoms with Crippen LogP contribution in [0.5, 0.6) is 0 Å². The summed E-state index contributed by atoms with van der Waals surface area (Å²) in [5, 5.41) is 0. The number of nitrogens with zero attached hydrogens (tertiary/aromatic N) is 1. The van der Waals surface area contributed by atoms with Gasteiger partial charge in [0.05, 0.1) is 0 Å². The second kappa shape index (κ2) is 6.99. The summed E-state index contributed by atoms with van der Waals surface area (Å²) in [4.78, 5) is 13.3. The first kappa shape index (κ1) is 11.7. The van der Waals surface area contributed by atoms with E-state index in [1.54, 1.807) is 6.92 Å². The molecular weight excluding hydrogens is 174 g/mol. The lowest BCUT2D eigenvalue weighted by molar-refractivity contribution is -0.117. The number of likely N-dealkylation sites (tertiary alicyclic amines) is 1. The molecule has 0 spiro atoms. The van der Waals surface area contributed by atoms with Gasteiger partial charge in [0, 0.05) is 6.42 Å². The van der Waals surface area contributed by atoms with E-state index in [2.05, 4.69) is 4.90 Å². The lowest BCUT2D eigenvalue weighted by Crippen LogP contribution is -2.28. The van der Waals surface area contributed by atoms with Crippen LogP contribution in [-0.2, 0) is 4.79 Å². The number of carbonyl (C=O) groups excluding carboxylic acids is 1. The summed E-state index contributed by atoms with van der Waals surface area (Å²) in [5.74, 6) is 0.331. The quantitative estimate of drug-likeness (QED) is 0.690. The van der Waals surface area contributed by atoms with Gasteiger partial charge in [0.2, 0.25) is 0 Å². The third-order valence-corrected chi connectivity index (χ3v) is 2.95. The van der Waals surface area contributed by atoms with Crippen LogP contribution < -0.4 is 0 Å². The molecule has 2 nitrogen and oxygen atoms in total. The molecule has 0 radical (unpaired) electrons. The SMILES string of the molecule is CC(=O)CCCN1CCCCCCC1. The maximum Gasteiger partial charge on any atom is 0.129 e. The Morgan fingerprint density at radius 2 is 1.64 bits per heavy atom. The smallest absolute Gasteiger partial charge is 0.129 e. The molecule has 0 amide bonds. The van der Waals surface area contributed by atoms with Crippen molar-refractivity contribution < 1.29 is 4.79 Å². The summed E-state index contributed by atoms with van der Waals surface area (Å²) in [5.41, 5.74) is 0. The summed E-state index contributed by atoms with van der Waals surface area (Å²) in [6, 6.07) is 0. The van der Waals surface area contributed by atoms with Crippen molar-refractivity contribution in [2.75, 3.05) is 19.6 Å². The molecule has 1 fully saturated rings. The molecule has 0 aromatic heterocycles. The minimum atomic E-state index is 0.331. The van der Waals surface area contributed by atoms with Crippen molar-refractivity contribution in [2.24, 2.45) is 0 Å². The van der Waals surface area contributed by atoms with Gasteiger partial charge in [-0.15, -0.1) is 0 Å². The lowest BCUT2D eigenvalue weighted by Gasteiger charge is -2.24. The molecule has 1 saturated heterocycles. The Balaban J connectivity index is 2.10. The van der Waals surface area contributed by atoms with Crippen LogP contribution in [0.25, 0.3) is 0 Å². The van der Waals surface area contributed by atoms with E-state index in [-0.39, 0.29) is 0 Å². The fourth-order valence-corrected chi connectivity index (χ4v) is 2.09. The molecule has 0 unspecified atom stereocenters. The summed E-state index contributed by atoms with van der Waals surface area (Å²) in [6.07, 6.45) is 8.71. The standard InChI is InChI=1S/C12H23NO/c1-12(14)8-7-11-13-9-5-3-2-4-6-10-13/h2-11H2,1H3. The highest BCUT2D eigenvalue weighted by atomic mass is 16.1. The molecule has 0 saturated carbocycles. The highest BCUT2D eigenvalue weighted by molar-refractivity contribution is 5.75. The van der Waals surface area contributed by atoms with Gasteiger partial charge in [0.15, 0.2) is 0 Å². The third-order valence-electron chi connectivity index (χ3n) is 2.95. The Kier molecular flexibility index (Phi) is 5.85. The predicted molar refractivity (Wildman–Crippen MR) is 59.4 cm³/mol. The van der Waals surface area contributed by atoms with Gasteiger partial charge in [-0.1, -0.05) is 19.3 Å². The molecule has 0 atom stereocenters. The normalized spacial score (nSPS) is 20.1. The predicted octanol–water partition coefficient (Wildman–Crippen LogP) is 2.62. The zero-order valence-corrected chi connectivity index (χ0v) is 9.43. The molecule has 0 aromatic rings. The summed E-state index contributed by atoms with van der Waals surface area (Å²) in [7, 11) is 0. The van der Waals surface area contributed by atoms with Gasteiger partial charge < -0.3 is 9.69 Å². The number of rotatable bonds is 4. The fraction of sp³-hybridized carbons (Fsp3) is 0.917. The van der Waals surface area contributed by atoms with Crippen LogP contribution in [0.15, 0.2) is 0 Å². The van der Waals surface area contributed by atoms with Crippen molar-refractivity contribution in [3.05, 3.63) is 0 Å². The largest absolute Gasteiger partial charge is 0.303 e. The van der Waals surface area contributed by atoms with Crippen LogP contribution >= 0.6 is 0 Å². The zero-order valence-electron chi connectivity index (χ0n) is 9.43. The highest BCUT2D eigenvalue weighted by Crippen LogP contribution is 2.10. The maximum atomic E-state index is 10.8. The molecule has 2 heteroatoms. The number of carbonyl (C=O) groups is 1. The minimum Gasteiger partial charge on any atom is -0.303 e. The second-order valence-electron chi connectivity index (χ2n) is 4.41. The number of Topliss-reactive ketones (excluding diaryl/α,β-unsaturated/α-hetero) is 1. The molecule has 0 aliphatic carbocycles. The van der Waals surface area contributed by atoms with Crippen LogP contribution in [0.3, 0.4) is 0 Å². The van der Waals surface area contributed by atoms with Gasteiger partial charge in [-0.3, -0.25) is 0 Å². The molecule has 82 valence electrons. The van der Waals surface area contributed by atoms with E-state index in [0.29, 0.717) is 5.78 Å². The van der Waals surface area contributed by atoms with Gasteiger partial charge in [0.1, 0.15) is 5.78 Å². The van der Waals surface area contributed by atoms with Crippen molar-refractivity contribution in [3.63, 3.8) is 0 Å². The van der Waals surface area contributed by atoms with Gasteiger partial charge in [-0.25, -0.2) is 0 Å². The van der Waals surface area contributed by atoms with Crippen LogP contribution in [0.1, 0.15) is 51.9 Å². The average Bonchev–Trinajstić information content (AvgIpc) is 2.07. The molecule has 0 aromatic carbocycles. The Morgan fingerprint density at radius 3 is 2.21 bits per heavy atom. The van der Waals surface area contributed by atoms with Crippen LogP contribution in [0.2, 0.25) is 0 Å². The third kappa shape index (κ3) is 5.38. The lowest BCUT2D eigenvalue weighted by atomic mass is 10.1. The monoisotopic (exact) mass is 197 g/mol. The Labute approximate surface area is 87.7 Å². The van der Waals surface area contributed by atoms with Crippen molar-refractivity contribution in [3.8, 4) is 0 Å². The van der Waals surface area contributed by atoms with Gasteiger partial charge in [-0.2, -0.15) is 0 Å². The van der Waals surface area contributed by atoms with E-state index in [1.165, 1.54) is 45.2 Å². The minimum absolute atomic E-state index is 0.331. The van der Waals surface area contributed by atoms with Crippen LogP contribution in [0.4, 0.5) is 0 Å². The highest BCUT2D eigenvalue weighted by Gasteiger charge is 2.07. The van der Waals surface area contributed by atoms with Crippen molar-refractivity contribution in [1.82, 2.24) is 4.90 Å². The molecule has 1 heterocycles. The van der Waals surface area contributed by atoms with E-state index in [1.807, 2.05) is 0 Å². The van der Waals surface area contributed by atoms with Crippen LogP contribution in [0, 0.1) is 0 Å². The van der Waals surface area contributed by atoms with E-state index in [0.717, 1.165) is 19.4 Å². The fourth-order valence-electron chi connectivity index (χ4n) is 2.09. The second-order valence-corrected chi connectivity index (χ2v) is 4.41. The van der Waals surface area contributed by atoms with Crippen molar-refractivity contribution >= 4 is 5.78 Å². The summed E-state index contributed by atoms with van der Waals surface area (Å²) in [6.45, 7) is 5.31. The molecule has 0 bridgehead atoms. The molecule has 0 N–H and O–H groups in total.